The van der Waals surface area contributed by atoms with Crippen LogP contribution >= 0.6 is 12.4 Å². The van der Waals surface area contributed by atoms with E-state index in [0.29, 0.717) is 0 Å². The van der Waals surface area contributed by atoms with Gasteiger partial charge in [-0.25, -0.2) is 9.78 Å². The van der Waals surface area contributed by atoms with Crippen molar-refractivity contribution in [3.8, 4) is 11.5 Å². The lowest BCUT2D eigenvalue weighted by molar-refractivity contribution is 0.0602. The van der Waals surface area contributed by atoms with Gasteiger partial charge in [0.25, 0.3) is 0 Å². The maximum atomic E-state index is 11.7. The molecule has 108 valence electrons. The van der Waals surface area contributed by atoms with Crippen LogP contribution in [0.1, 0.15) is 17.2 Å². The monoisotopic (exact) mass is 309 g/mol. The molecule has 0 spiro atoms. The van der Waals surface area contributed by atoms with E-state index in [2.05, 4.69) is 9.72 Å². The molecule has 0 atom stereocenters. The molecule has 0 aliphatic rings. The van der Waals surface area contributed by atoms with Crippen molar-refractivity contribution in [2.45, 2.75) is 0 Å². The summed E-state index contributed by atoms with van der Waals surface area (Å²) in [6, 6.07) is 0.372. The number of nitrogens with zero attached hydrogens (tertiary/aromatic N) is 1. The lowest BCUT2D eigenvalue weighted by Gasteiger charge is -2.01. The van der Waals surface area contributed by atoms with Gasteiger partial charge in [-0.3, -0.25) is 0 Å². The number of esters is 1. The Morgan fingerprint density at radius 1 is 1.33 bits per heavy atom. The van der Waals surface area contributed by atoms with E-state index in [4.69, 9.17) is 17.0 Å². The van der Waals surface area contributed by atoms with Crippen LogP contribution < -0.4 is 5.73 Å². The number of nitrogens with two attached hydrogens (primary N) is 1. The van der Waals surface area contributed by atoms with E-state index in [1.165, 1.54) is 19.2 Å². The van der Waals surface area contributed by atoms with Crippen LogP contribution in [0.5, 0.6) is 0 Å². The minimum atomic E-state index is -0.653. The smallest absolute Gasteiger partial charge is 0.340 e. The van der Waals surface area contributed by atoms with Crippen LogP contribution in [-0.4, -0.2) is 18.1 Å². The molecule has 3 aromatic rings. The zero-order valence-electron chi connectivity index (χ0n) is 15.8. The minimum absolute atomic E-state index is 0. The van der Waals surface area contributed by atoms with E-state index in [-0.39, 0.29) is 46.2 Å². The summed E-state index contributed by atoms with van der Waals surface area (Å²) >= 11 is 0. The summed E-state index contributed by atoms with van der Waals surface area (Å²) < 4.78 is 49.1. The van der Waals surface area contributed by atoms with E-state index in [1.807, 2.05) is 0 Å². The predicted molar refractivity (Wildman–Crippen MR) is 82.4 cm³/mol. The van der Waals surface area contributed by atoms with Crippen LogP contribution in [0.2, 0.25) is 0 Å². The molecule has 0 radical (unpaired) electrons. The second-order valence-corrected chi connectivity index (χ2v) is 3.92. The lowest BCUT2D eigenvalue weighted by Crippen LogP contribution is -2.05. The second kappa shape index (κ2) is 5.85. The number of methoxy groups -OCH3 is 1. The van der Waals surface area contributed by atoms with Gasteiger partial charge in [0.2, 0.25) is 5.89 Å². The Balaban J connectivity index is 0.00000243. The first-order valence-corrected chi connectivity index (χ1v) is 5.62. The Hall–Kier alpha value is -2.53. The Labute approximate surface area is 134 Å². The fourth-order valence-corrected chi connectivity index (χ4v) is 1.74. The third kappa shape index (κ3) is 2.68. The minimum Gasteiger partial charge on any atom is -0.465 e. The van der Waals surface area contributed by atoms with Crippen LogP contribution in [0.4, 0.5) is 5.69 Å². The highest BCUT2D eigenvalue weighted by atomic mass is 35.5. The Morgan fingerprint density at radius 2 is 2.05 bits per heavy atom. The molecule has 3 rings (SSSR count). The van der Waals surface area contributed by atoms with Gasteiger partial charge in [-0.2, -0.15) is 0 Å². The van der Waals surface area contributed by atoms with Gasteiger partial charge in [-0.05, 0) is 24.2 Å². The van der Waals surface area contributed by atoms with Crippen LogP contribution in [0.25, 0.3) is 22.6 Å². The SMILES string of the molecule is Cl.[2H]c1c([2H])c([2H])c(-c2nc3cc(N)c(C(=O)OC)cc3o2)c([2H])c1[2H]. The largest absolute Gasteiger partial charge is 0.465 e. The van der Waals surface area contributed by atoms with Crippen LogP contribution in [0, 0.1) is 0 Å². The molecule has 21 heavy (non-hydrogen) atoms. The third-order valence-electron chi connectivity index (χ3n) is 2.68. The summed E-state index contributed by atoms with van der Waals surface area (Å²) in [5.74, 6) is -0.812. The molecule has 0 saturated heterocycles. The Morgan fingerprint density at radius 3 is 2.71 bits per heavy atom. The quantitative estimate of drug-likeness (QED) is 0.580. The maximum Gasteiger partial charge on any atom is 0.340 e. The van der Waals surface area contributed by atoms with Gasteiger partial charge in [0, 0.05) is 11.3 Å². The molecule has 0 aliphatic carbocycles. The third-order valence-corrected chi connectivity index (χ3v) is 2.68. The Bertz CT molecular complexity index is 1010. The zero-order valence-corrected chi connectivity index (χ0v) is 11.6. The van der Waals surface area contributed by atoms with Gasteiger partial charge >= 0.3 is 5.97 Å². The van der Waals surface area contributed by atoms with Gasteiger partial charge in [-0.15, -0.1) is 12.4 Å². The Kier molecular flexibility index (Phi) is 2.62. The number of rotatable bonds is 2. The molecule has 5 nitrogen and oxygen atoms in total. The fourth-order valence-electron chi connectivity index (χ4n) is 1.74. The van der Waals surface area contributed by atoms with Crippen molar-refractivity contribution >= 4 is 35.2 Å². The molecule has 1 aromatic heterocycles. The van der Waals surface area contributed by atoms with Crippen molar-refractivity contribution in [2.75, 3.05) is 12.8 Å². The van der Waals surface area contributed by atoms with Gasteiger partial charge in [0.05, 0.1) is 19.5 Å². The number of benzene rings is 2. The molecule has 0 saturated carbocycles. The predicted octanol–water partition coefficient (Wildman–Crippen LogP) is 3.29. The van der Waals surface area contributed by atoms with Crippen molar-refractivity contribution in [1.29, 1.82) is 0 Å². The van der Waals surface area contributed by atoms with E-state index < -0.39 is 36.2 Å². The fraction of sp³-hybridized carbons (Fsp3) is 0.0667. The maximum absolute atomic E-state index is 11.7. The molecule has 0 fully saturated rings. The number of nitrogen functional groups attached to an aromatic ring is 1. The average molecular weight is 310 g/mol. The number of hydrogen-bond donors (Lipinski definition) is 1. The standard InChI is InChI=1S/C15H12N2O3.ClH/c1-19-15(18)10-7-13-12(8-11(10)16)17-14(20-13)9-5-3-2-4-6-9;/h2-8H,16H2,1H3;1H/i2D,3D,4D,5D,6D;. The van der Waals surface area contributed by atoms with Crippen LogP contribution in [0.3, 0.4) is 0 Å². The number of aromatic nitrogens is 1. The first kappa shape index (κ1) is 9.41. The number of hydrogen-bond acceptors (Lipinski definition) is 5. The highest BCUT2D eigenvalue weighted by molar-refractivity contribution is 5.99. The van der Waals surface area contributed by atoms with E-state index in [0.717, 1.165) is 0 Å². The van der Waals surface area contributed by atoms with Crippen molar-refractivity contribution in [3.63, 3.8) is 0 Å². The highest BCUT2D eigenvalue weighted by Gasteiger charge is 2.15. The molecular weight excluding hydrogens is 292 g/mol. The normalized spacial score (nSPS) is 13.5. The molecule has 0 amide bonds. The second-order valence-electron chi connectivity index (χ2n) is 3.92. The molecular formula is C15H13ClN2O3. The van der Waals surface area contributed by atoms with Crippen molar-refractivity contribution in [1.82, 2.24) is 4.98 Å². The number of carbonyl (C=O) groups is 1. The molecule has 2 N–H and O–H groups in total. The van der Waals surface area contributed by atoms with Gasteiger partial charge in [0.1, 0.15) is 5.52 Å². The van der Waals surface area contributed by atoms with Gasteiger partial charge in [-0.1, -0.05) is 18.1 Å². The summed E-state index contributed by atoms with van der Waals surface area (Å²) in [5, 5.41) is 0. The highest BCUT2D eigenvalue weighted by Crippen LogP contribution is 2.27. The summed E-state index contributed by atoms with van der Waals surface area (Å²) in [5.41, 5.74) is 6.30. The molecule has 0 bridgehead atoms. The van der Waals surface area contributed by atoms with Crippen LogP contribution in [0.15, 0.2) is 46.8 Å². The van der Waals surface area contributed by atoms with Crippen LogP contribution in [-0.2, 0) is 4.74 Å². The number of ether oxygens (including phenoxy) is 1. The average Bonchev–Trinajstić information content (AvgIpc) is 2.99. The summed E-state index contributed by atoms with van der Waals surface area (Å²) in [4.78, 5) is 15.8. The van der Waals surface area contributed by atoms with Crippen molar-refractivity contribution in [2.24, 2.45) is 0 Å². The molecule has 2 aromatic carbocycles. The van der Waals surface area contributed by atoms with E-state index in [1.54, 1.807) is 0 Å². The summed E-state index contributed by atoms with van der Waals surface area (Å²) in [6.45, 7) is 0. The van der Waals surface area contributed by atoms with Gasteiger partial charge < -0.3 is 14.9 Å². The zero-order chi connectivity index (χ0) is 18.5. The molecule has 0 aliphatic heterocycles. The molecule has 0 unspecified atom stereocenters. The molecule has 1 heterocycles. The number of anilines is 1. The number of carbonyl (C=O) groups excluding carboxylic acids is 1. The molecule has 6 heteroatoms. The number of fused-ring (bicyclic) bond motifs is 1. The van der Waals surface area contributed by atoms with Gasteiger partial charge in [0.15, 0.2) is 5.58 Å². The van der Waals surface area contributed by atoms with E-state index >= 15 is 0 Å². The first-order chi connectivity index (χ1) is 11.8. The summed E-state index contributed by atoms with van der Waals surface area (Å²) in [7, 11) is 1.21. The van der Waals surface area contributed by atoms with E-state index in [9.17, 15) is 4.79 Å². The lowest BCUT2D eigenvalue weighted by atomic mass is 10.1. The first-order valence-electron chi connectivity index (χ1n) is 8.12. The topological polar surface area (TPSA) is 78.3 Å². The van der Waals surface area contributed by atoms with Crippen molar-refractivity contribution < 1.29 is 20.8 Å². The number of oxazole rings is 1. The summed E-state index contributed by atoms with van der Waals surface area (Å²) in [6.07, 6.45) is 0. The van der Waals surface area contributed by atoms with Crippen molar-refractivity contribution in [3.05, 3.63) is 47.9 Å². The number of halogens is 1.